The number of piperazine rings is 2. The van der Waals surface area contributed by atoms with Gasteiger partial charge in [-0.05, 0) is 18.5 Å². The van der Waals surface area contributed by atoms with Crippen LogP contribution in [-0.4, -0.2) is 133 Å². The lowest BCUT2D eigenvalue weighted by Crippen LogP contribution is -2.49. The van der Waals surface area contributed by atoms with Crippen LogP contribution in [0.5, 0.6) is 0 Å². The molecule has 1 amide bonds. The van der Waals surface area contributed by atoms with Crippen molar-refractivity contribution in [3.8, 4) is 0 Å². The molecule has 9 nitrogen and oxygen atoms in total. The van der Waals surface area contributed by atoms with Crippen molar-refractivity contribution in [3.05, 3.63) is 35.9 Å². The summed E-state index contributed by atoms with van der Waals surface area (Å²) in [7, 11) is 0. The highest BCUT2D eigenvalue weighted by Crippen LogP contribution is 2.15. The molecule has 0 saturated carbocycles. The first kappa shape index (κ1) is 24.9. The molecule has 9 heteroatoms. The van der Waals surface area contributed by atoms with Crippen LogP contribution >= 0.6 is 0 Å². The molecule has 3 fully saturated rings. The summed E-state index contributed by atoms with van der Waals surface area (Å²) < 4.78 is 5.66. The Morgan fingerprint density at radius 2 is 1.47 bits per heavy atom. The minimum Gasteiger partial charge on any atom is -0.481 e. The van der Waals surface area contributed by atoms with Gasteiger partial charge in [-0.3, -0.25) is 19.5 Å². The zero-order valence-electron chi connectivity index (χ0n) is 20.2. The molecule has 1 atom stereocenters. The summed E-state index contributed by atoms with van der Waals surface area (Å²) in [6.07, 6.45) is 0.693. The van der Waals surface area contributed by atoms with E-state index in [4.69, 9.17) is 9.84 Å². The Morgan fingerprint density at radius 3 is 2.15 bits per heavy atom. The third-order valence-electron chi connectivity index (χ3n) is 7.14. The lowest BCUT2D eigenvalue weighted by Gasteiger charge is -2.35. The van der Waals surface area contributed by atoms with Crippen LogP contribution < -0.4 is 0 Å². The predicted octanol–water partition coefficient (Wildman–Crippen LogP) is 1.11. The first-order chi connectivity index (χ1) is 16.5. The maximum absolute atomic E-state index is 12.4. The van der Waals surface area contributed by atoms with Crippen LogP contribution in [0.15, 0.2) is 30.3 Å². The number of nitrogens with zero attached hydrogens (tertiary/aromatic N) is 5. The highest BCUT2D eigenvalue weighted by atomic mass is 16.6. The topological polar surface area (TPSA) is 79.8 Å². The Hall–Kier alpha value is -2.20. The van der Waals surface area contributed by atoms with Gasteiger partial charge in [0.15, 0.2) is 0 Å². The number of hydrogen-bond acceptors (Lipinski definition) is 7. The van der Waals surface area contributed by atoms with Crippen LogP contribution in [-0.2, 0) is 16.1 Å². The van der Waals surface area contributed by atoms with E-state index in [-0.39, 0.29) is 18.6 Å². The molecule has 3 heterocycles. The molecule has 3 aliphatic rings. The molecule has 1 N–H and O–H groups in total. The third kappa shape index (κ3) is 7.66. The molecule has 188 valence electrons. The van der Waals surface area contributed by atoms with Crippen LogP contribution in [0.2, 0.25) is 0 Å². The van der Waals surface area contributed by atoms with Crippen molar-refractivity contribution in [2.24, 2.45) is 0 Å². The Bertz CT molecular complexity index is 779. The predicted molar refractivity (Wildman–Crippen MR) is 130 cm³/mol. The average Bonchev–Trinajstić information content (AvgIpc) is 3.19. The fourth-order valence-corrected chi connectivity index (χ4v) is 5.06. The van der Waals surface area contributed by atoms with Gasteiger partial charge in [0.05, 0.1) is 6.54 Å². The van der Waals surface area contributed by atoms with E-state index in [0.717, 1.165) is 85.1 Å². The summed E-state index contributed by atoms with van der Waals surface area (Å²) >= 11 is 0. The SMILES string of the molecule is O=C(O)CCCN1CCN(CC2CN(CCN3CCN(Cc4ccccc4)CC3)C(=O)O2)CC1. The molecule has 0 aliphatic carbocycles. The molecule has 3 aliphatic heterocycles. The van der Waals surface area contributed by atoms with E-state index in [1.54, 1.807) is 0 Å². The van der Waals surface area contributed by atoms with Gasteiger partial charge in [-0.25, -0.2) is 4.79 Å². The standard InChI is InChI=1S/C25H39N5O4/c31-24(32)7-4-8-26-9-15-29(16-10-26)20-23-21-30(25(33)34-23)18-17-27-11-13-28(14-12-27)19-22-5-2-1-3-6-22/h1-3,5-6,23H,4,7-21H2,(H,31,32). The largest absolute Gasteiger partial charge is 0.481 e. The number of ether oxygens (including phenoxy) is 1. The van der Waals surface area contributed by atoms with Crippen LogP contribution in [0.1, 0.15) is 18.4 Å². The van der Waals surface area contributed by atoms with E-state index in [1.165, 1.54) is 5.56 Å². The molecule has 1 unspecified atom stereocenters. The summed E-state index contributed by atoms with van der Waals surface area (Å²) in [6.45, 7) is 12.9. The van der Waals surface area contributed by atoms with Gasteiger partial charge < -0.3 is 19.6 Å². The molecule has 1 aromatic carbocycles. The molecule has 34 heavy (non-hydrogen) atoms. The van der Waals surface area contributed by atoms with Crippen LogP contribution in [0.25, 0.3) is 0 Å². The van der Waals surface area contributed by atoms with E-state index in [9.17, 15) is 9.59 Å². The number of hydrogen-bond donors (Lipinski definition) is 1. The highest BCUT2D eigenvalue weighted by molar-refractivity contribution is 5.69. The Balaban J connectivity index is 1.09. The summed E-state index contributed by atoms with van der Waals surface area (Å²) in [5, 5.41) is 8.78. The first-order valence-electron chi connectivity index (χ1n) is 12.7. The number of amides is 1. The minimum atomic E-state index is -0.725. The van der Waals surface area contributed by atoms with Crippen molar-refractivity contribution >= 4 is 12.1 Å². The van der Waals surface area contributed by atoms with Gasteiger partial charge in [-0.2, -0.15) is 0 Å². The Kier molecular flexibility index (Phi) is 9.15. The average molecular weight is 474 g/mol. The molecule has 0 aromatic heterocycles. The normalized spacial score (nSPS) is 23.4. The number of carboxylic acids is 1. The van der Waals surface area contributed by atoms with Crippen molar-refractivity contribution < 1.29 is 19.4 Å². The number of cyclic esters (lactones) is 1. The number of rotatable bonds is 11. The first-order valence-corrected chi connectivity index (χ1v) is 12.7. The van der Waals surface area contributed by atoms with Crippen molar-refractivity contribution in [1.29, 1.82) is 0 Å². The maximum Gasteiger partial charge on any atom is 0.410 e. The Morgan fingerprint density at radius 1 is 0.853 bits per heavy atom. The van der Waals surface area contributed by atoms with E-state index in [0.29, 0.717) is 13.0 Å². The summed E-state index contributed by atoms with van der Waals surface area (Å²) in [4.78, 5) is 34.6. The number of carboxylic acid groups (broad SMARTS) is 1. The van der Waals surface area contributed by atoms with Crippen molar-refractivity contribution in [2.45, 2.75) is 25.5 Å². The van der Waals surface area contributed by atoms with Gasteiger partial charge in [-0.15, -0.1) is 0 Å². The number of carbonyl (C=O) groups excluding carboxylic acids is 1. The number of carbonyl (C=O) groups is 2. The van der Waals surface area contributed by atoms with E-state index >= 15 is 0 Å². The van der Waals surface area contributed by atoms with E-state index < -0.39 is 5.97 Å². The summed E-state index contributed by atoms with van der Waals surface area (Å²) in [6, 6.07) is 10.6. The van der Waals surface area contributed by atoms with Gasteiger partial charge in [0.25, 0.3) is 0 Å². The van der Waals surface area contributed by atoms with Crippen molar-refractivity contribution in [2.75, 3.05) is 85.1 Å². The van der Waals surface area contributed by atoms with Crippen molar-refractivity contribution in [1.82, 2.24) is 24.5 Å². The Labute approximate surface area is 202 Å². The highest BCUT2D eigenvalue weighted by Gasteiger charge is 2.33. The molecule has 0 bridgehead atoms. The van der Waals surface area contributed by atoms with Gasteiger partial charge in [0.1, 0.15) is 6.10 Å². The fourth-order valence-electron chi connectivity index (χ4n) is 5.06. The molecular formula is C25H39N5O4. The zero-order chi connectivity index (χ0) is 23.8. The second-order valence-electron chi connectivity index (χ2n) is 9.69. The summed E-state index contributed by atoms with van der Waals surface area (Å²) in [5.74, 6) is -0.725. The monoisotopic (exact) mass is 473 g/mol. The van der Waals surface area contributed by atoms with Crippen LogP contribution in [0, 0.1) is 0 Å². The fraction of sp³-hybridized carbons (Fsp3) is 0.680. The lowest BCUT2D eigenvalue weighted by molar-refractivity contribution is -0.137. The zero-order valence-corrected chi connectivity index (χ0v) is 20.2. The minimum absolute atomic E-state index is 0.0613. The third-order valence-corrected chi connectivity index (χ3v) is 7.14. The molecule has 4 rings (SSSR count). The smallest absolute Gasteiger partial charge is 0.410 e. The van der Waals surface area contributed by atoms with Crippen LogP contribution in [0.4, 0.5) is 4.79 Å². The molecule has 0 spiro atoms. The quantitative estimate of drug-likeness (QED) is 0.512. The molecule has 3 saturated heterocycles. The molecule has 1 aromatic rings. The van der Waals surface area contributed by atoms with Gasteiger partial charge >= 0.3 is 12.1 Å². The lowest BCUT2D eigenvalue weighted by atomic mass is 10.2. The second-order valence-corrected chi connectivity index (χ2v) is 9.69. The summed E-state index contributed by atoms with van der Waals surface area (Å²) in [5.41, 5.74) is 1.36. The molecular weight excluding hydrogens is 434 g/mol. The number of benzene rings is 1. The second kappa shape index (κ2) is 12.5. The van der Waals surface area contributed by atoms with E-state index in [1.807, 2.05) is 4.90 Å². The van der Waals surface area contributed by atoms with Crippen LogP contribution in [0.3, 0.4) is 0 Å². The maximum atomic E-state index is 12.4. The van der Waals surface area contributed by atoms with Crippen molar-refractivity contribution in [3.63, 3.8) is 0 Å². The molecule has 0 radical (unpaired) electrons. The van der Waals surface area contributed by atoms with E-state index in [2.05, 4.69) is 49.9 Å². The van der Waals surface area contributed by atoms with Gasteiger partial charge in [0, 0.05) is 85.0 Å². The van der Waals surface area contributed by atoms with Gasteiger partial charge in [-0.1, -0.05) is 30.3 Å². The van der Waals surface area contributed by atoms with Gasteiger partial charge in [0.2, 0.25) is 0 Å². The number of aliphatic carboxylic acids is 1.